The molecule has 7 nitrogen and oxygen atoms in total. The number of amides is 1. The number of nitro benzene ring substituents is 1. The zero-order chi connectivity index (χ0) is 18.4. The molecular weight excluding hydrogens is 324 g/mol. The van der Waals surface area contributed by atoms with Crippen LogP contribution in [0, 0.1) is 24.0 Å². The van der Waals surface area contributed by atoms with Crippen LogP contribution in [0.1, 0.15) is 21.5 Å². The van der Waals surface area contributed by atoms with E-state index in [1.54, 1.807) is 6.07 Å². The lowest BCUT2D eigenvalue weighted by molar-refractivity contribution is -0.384. The van der Waals surface area contributed by atoms with Crippen LogP contribution >= 0.6 is 0 Å². The van der Waals surface area contributed by atoms with Gasteiger partial charge in [-0.05, 0) is 43.2 Å². The van der Waals surface area contributed by atoms with Gasteiger partial charge in [0, 0.05) is 24.2 Å². The fourth-order valence-corrected chi connectivity index (χ4v) is 2.22. The zero-order valence-electron chi connectivity index (χ0n) is 14.1. The van der Waals surface area contributed by atoms with Gasteiger partial charge in [-0.3, -0.25) is 14.9 Å². The number of benzene rings is 2. The van der Waals surface area contributed by atoms with E-state index in [0.29, 0.717) is 11.3 Å². The molecule has 2 aromatic carbocycles. The van der Waals surface area contributed by atoms with Crippen LogP contribution in [0.4, 0.5) is 5.69 Å². The highest BCUT2D eigenvalue weighted by atomic mass is 16.6. The Kier molecular flexibility index (Phi) is 6.08. The molecule has 1 amide bonds. The Bertz CT molecular complexity index is 759. The van der Waals surface area contributed by atoms with E-state index in [0.717, 1.165) is 11.1 Å². The van der Waals surface area contributed by atoms with E-state index in [9.17, 15) is 20.0 Å². The zero-order valence-corrected chi connectivity index (χ0v) is 14.1. The summed E-state index contributed by atoms with van der Waals surface area (Å²) in [5, 5.41) is 23.2. The number of nitrogens with zero attached hydrogens (tertiary/aromatic N) is 1. The van der Waals surface area contributed by atoms with Crippen LogP contribution in [0.5, 0.6) is 5.75 Å². The maximum absolute atomic E-state index is 12.2. The van der Waals surface area contributed by atoms with Crippen LogP contribution in [0.3, 0.4) is 0 Å². The summed E-state index contributed by atoms with van der Waals surface area (Å²) in [6, 6.07) is 11.0. The van der Waals surface area contributed by atoms with Gasteiger partial charge in [0.1, 0.15) is 18.5 Å². The molecule has 0 aliphatic carbocycles. The minimum absolute atomic E-state index is 0.0336. The van der Waals surface area contributed by atoms with Crippen LogP contribution < -0.4 is 10.1 Å². The third kappa shape index (κ3) is 5.02. The fourth-order valence-electron chi connectivity index (χ4n) is 2.22. The lowest BCUT2D eigenvalue weighted by atomic mass is 10.0. The predicted octanol–water partition coefficient (Wildman–Crippen LogP) is 2.38. The molecular formula is C18H20N2O5. The summed E-state index contributed by atoms with van der Waals surface area (Å²) < 4.78 is 5.36. The summed E-state index contributed by atoms with van der Waals surface area (Å²) in [5.41, 5.74) is 2.46. The molecule has 0 unspecified atom stereocenters. The molecule has 25 heavy (non-hydrogen) atoms. The number of nitro groups is 1. The average molecular weight is 344 g/mol. The molecule has 0 aliphatic rings. The summed E-state index contributed by atoms with van der Waals surface area (Å²) in [6.07, 6.45) is -0.899. The third-order valence-electron chi connectivity index (χ3n) is 3.84. The topological polar surface area (TPSA) is 102 Å². The van der Waals surface area contributed by atoms with Crippen molar-refractivity contribution in [3.63, 3.8) is 0 Å². The molecule has 1 atom stereocenters. The first-order valence-electron chi connectivity index (χ1n) is 7.78. The Morgan fingerprint density at radius 2 is 1.92 bits per heavy atom. The highest BCUT2D eigenvalue weighted by Crippen LogP contribution is 2.17. The first-order valence-corrected chi connectivity index (χ1v) is 7.78. The van der Waals surface area contributed by atoms with Crippen molar-refractivity contribution in [3.8, 4) is 5.75 Å². The van der Waals surface area contributed by atoms with Crippen LogP contribution in [0.2, 0.25) is 0 Å². The van der Waals surface area contributed by atoms with E-state index in [2.05, 4.69) is 5.32 Å². The molecule has 2 N–H and O–H groups in total. The number of non-ortho nitro benzene ring substituents is 1. The smallest absolute Gasteiger partial charge is 0.269 e. The molecule has 0 saturated heterocycles. The Hall–Kier alpha value is -2.93. The second kappa shape index (κ2) is 8.25. The van der Waals surface area contributed by atoms with E-state index in [1.165, 1.54) is 24.3 Å². The monoisotopic (exact) mass is 344 g/mol. The minimum Gasteiger partial charge on any atom is -0.491 e. The van der Waals surface area contributed by atoms with Gasteiger partial charge >= 0.3 is 0 Å². The van der Waals surface area contributed by atoms with Gasteiger partial charge in [0.2, 0.25) is 0 Å². The summed E-state index contributed by atoms with van der Waals surface area (Å²) >= 11 is 0. The largest absolute Gasteiger partial charge is 0.491 e. The van der Waals surface area contributed by atoms with Gasteiger partial charge in [-0.2, -0.15) is 0 Å². The maximum atomic E-state index is 12.2. The second-order valence-electron chi connectivity index (χ2n) is 5.67. The Morgan fingerprint density at radius 3 is 2.56 bits per heavy atom. The highest BCUT2D eigenvalue weighted by Gasteiger charge is 2.13. The summed E-state index contributed by atoms with van der Waals surface area (Å²) in [6.45, 7) is 3.81. The van der Waals surface area contributed by atoms with Crippen LogP contribution in [-0.4, -0.2) is 35.2 Å². The van der Waals surface area contributed by atoms with Crippen molar-refractivity contribution in [1.82, 2.24) is 5.32 Å². The summed E-state index contributed by atoms with van der Waals surface area (Å²) in [7, 11) is 0. The van der Waals surface area contributed by atoms with Gasteiger partial charge < -0.3 is 15.2 Å². The van der Waals surface area contributed by atoms with Gasteiger partial charge in [-0.15, -0.1) is 0 Å². The number of rotatable bonds is 7. The number of hydrogen-bond acceptors (Lipinski definition) is 5. The van der Waals surface area contributed by atoms with Crippen molar-refractivity contribution in [2.45, 2.75) is 20.0 Å². The molecule has 0 aliphatic heterocycles. The van der Waals surface area contributed by atoms with Crippen molar-refractivity contribution >= 4 is 11.6 Å². The molecule has 0 heterocycles. The predicted molar refractivity (Wildman–Crippen MR) is 92.8 cm³/mol. The molecule has 0 fully saturated rings. The normalized spacial score (nSPS) is 11.6. The third-order valence-corrected chi connectivity index (χ3v) is 3.84. The molecule has 0 bridgehead atoms. The summed E-state index contributed by atoms with van der Waals surface area (Å²) in [4.78, 5) is 22.2. The number of nitrogens with one attached hydrogen (secondary N) is 1. The van der Waals surface area contributed by atoms with Crippen molar-refractivity contribution < 1.29 is 19.6 Å². The molecule has 2 aromatic rings. The molecule has 0 aromatic heterocycles. The molecule has 132 valence electrons. The van der Waals surface area contributed by atoms with Crippen molar-refractivity contribution in [1.29, 1.82) is 0 Å². The number of hydrogen-bond donors (Lipinski definition) is 2. The Labute approximate surface area is 145 Å². The van der Waals surface area contributed by atoms with Crippen molar-refractivity contribution in [2.75, 3.05) is 13.2 Å². The lowest BCUT2D eigenvalue weighted by Gasteiger charge is -2.14. The minimum atomic E-state index is -0.899. The molecule has 0 radical (unpaired) electrons. The van der Waals surface area contributed by atoms with Crippen LogP contribution in [-0.2, 0) is 0 Å². The average Bonchev–Trinajstić information content (AvgIpc) is 2.60. The van der Waals surface area contributed by atoms with Crippen molar-refractivity contribution in [2.24, 2.45) is 0 Å². The number of aryl methyl sites for hydroxylation is 1. The lowest BCUT2D eigenvalue weighted by Crippen LogP contribution is -2.35. The van der Waals surface area contributed by atoms with Gasteiger partial charge in [-0.25, -0.2) is 0 Å². The van der Waals surface area contributed by atoms with Gasteiger partial charge in [-0.1, -0.05) is 12.1 Å². The van der Waals surface area contributed by atoms with Crippen LogP contribution in [0.15, 0.2) is 42.5 Å². The SMILES string of the molecule is Cc1cccc(C(=O)NC[C@@H](O)COc2ccc([N+](=O)[O-])cc2)c1C. The number of carbonyl (C=O) groups is 1. The van der Waals surface area contributed by atoms with E-state index in [-0.39, 0.29) is 24.7 Å². The van der Waals surface area contributed by atoms with E-state index < -0.39 is 11.0 Å². The second-order valence-corrected chi connectivity index (χ2v) is 5.67. The molecule has 0 spiro atoms. The quantitative estimate of drug-likeness (QED) is 0.593. The molecule has 2 rings (SSSR count). The van der Waals surface area contributed by atoms with Gasteiger partial charge in [0.05, 0.1) is 4.92 Å². The number of aliphatic hydroxyl groups is 1. The van der Waals surface area contributed by atoms with E-state index in [1.807, 2.05) is 26.0 Å². The maximum Gasteiger partial charge on any atom is 0.269 e. The highest BCUT2D eigenvalue weighted by molar-refractivity contribution is 5.95. The Balaban J connectivity index is 1.82. The van der Waals surface area contributed by atoms with Crippen LogP contribution in [0.25, 0.3) is 0 Å². The summed E-state index contributed by atoms with van der Waals surface area (Å²) in [5.74, 6) is 0.154. The van der Waals surface area contributed by atoms with E-state index >= 15 is 0 Å². The first-order chi connectivity index (χ1) is 11.9. The Morgan fingerprint density at radius 1 is 1.24 bits per heavy atom. The van der Waals surface area contributed by atoms with Gasteiger partial charge in [0.15, 0.2) is 0 Å². The van der Waals surface area contributed by atoms with Gasteiger partial charge in [0.25, 0.3) is 11.6 Å². The number of aliphatic hydroxyl groups excluding tert-OH is 1. The molecule has 0 saturated carbocycles. The van der Waals surface area contributed by atoms with E-state index in [4.69, 9.17) is 4.74 Å². The van der Waals surface area contributed by atoms with Crippen molar-refractivity contribution in [3.05, 3.63) is 69.3 Å². The standard InChI is InChI=1S/C18H20N2O5/c1-12-4-3-5-17(13(12)2)18(22)19-10-15(21)11-25-16-8-6-14(7-9-16)20(23)24/h3-9,15,21H,10-11H2,1-2H3,(H,19,22)/t15-/m1/s1. The molecule has 7 heteroatoms. The number of carbonyl (C=O) groups excluding carboxylic acids is 1. The first kappa shape index (κ1) is 18.4. The fraction of sp³-hybridized carbons (Fsp3) is 0.278. The number of ether oxygens (including phenoxy) is 1.